The van der Waals surface area contributed by atoms with Crippen molar-refractivity contribution in [2.24, 2.45) is 0 Å². The van der Waals surface area contributed by atoms with E-state index in [0.29, 0.717) is 18.2 Å². The van der Waals surface area contributed by atoms with E-state index in [1.165, 1.54) is 11.1 Å². The SMILES string of the molecule is Cc1ccc(CN(Cc2ccccn2)C(=S)Nc2ccc(C)c(Cl)c2)cc1. The lowest BCUT2D eigenvalue weighted by atomic mass is 10.1. The molecule has 1 heterocycles. The maximum atomic E-state index is 6.24. The standard InChI is InChI=1S/C22H22ClN3S/c1-16-6-9-18(10-7-16)14-26(15-20-5-3-4-12-24-20)22(27)25-19-11-8-17(2)21(23)13-19/h3-13H,14-15H2,1-2H3,(H,25,27). The summed E-state index contributed by atoms with van der Waals surface area (Å²) in [6.45, 7) is 5.39. The lowest BCUT2D eigenvalue weighted by molar-refractivity contribution is 0.407. The fourth-order valence-corrected chi connectivity index (χ4v) is 3.10. The van der Waals surface area contributed by atoms with Gasteiger partial charge in [-0.3, -0.25) is 4.98 Å². The van der Waals surface area contributed by atoms with Gasteiger partial charge in [0.2, 0.25) is 0 Å². The van der Waals surface area contributed by atoms with E-state index in [0.717, 1.165) is 22.0 Å². The van der Waals surface area contributed by atoms with Gasteiger partial charge in [0.15, 0.2) is 5.11 Å². The Morgan fingerprint density at radius 1 is 1.04 bits per heavy atom. The first-order chi connectivity index (χ1) is 13.0. The van der Waals surface area contributed by atoms with Crippen LogP contribution in [-0.2, 0) is 13.1 Å². The number of pyridine rings is 1. The summed E-state index contributed by atoms with van der Waals surface area (Å²) in [4.78, 5) is 6.55. The van der Waals surface area contributed by atoms with E-state index in [9.17, 15) is 0 Å². The second kappa shape index (κ2) is 8.98. The second-order valence-corrected chi connectivity index (χ2v) is 7.35. The van der Waals surface area contributed by atoms with Gasteiger partial charge in [-0.1, -0.05) is 53.6 Å². The number of thiocarbonyl (C=S) groups is 1. The molecule has 3 nitrogen and oxygen atoms in total. The van der Waals surface area contributed by atoms with Crippen LogP contribution in [0.15, 0.2) is 66.9 Å². The van der Waals surface area contributed by atoms with Gasteiger partial charge < -0.3 is 10.2 Å². The van der Waals surface area contributed by atoms with Crippen LogP contribution in [0, 0.1) is 13.8 Å². The van der Waals surface area contributed by atoms with E-state index in [1.54, 1.807) is 6.20 Å². The molecular weight excluding hydrogens is 374 g/mol. The normalized spacial score (nSPS) is 10.5. The minimum atomic E-state index is 0.625. The summed E-state index contributed by atoms with van der Waals surface area (Å²) in [6, 6.07) is 20.3. The summed E-state index contributed by atoms with van der Waals surface area (Å²) in [5.74, 6) is 0. The number of anilines is 1. The fourth-order valence-electron chi connectivity index (χ4n) is 2.67. The molecule has 0 aliphatic carbocycles. The molecule has 3 rings (SSSR count). The van der Waals surface area contributed by atoms with Crippen LogP contribution in [0.4, 0.5) is 5.69 Å². The minimum Gasteiger partial charge on any atom is -0.339 e. The number of hydrogen-bond donors (Lipinski definition) is 1. The smallest absolute Gasteiger partial charge is 0.174 e. The van der Waals surface area contributed by atoms with Gasteiger partial charge in [-0.2, -0.15) is 0 Å². The predicted octanol–water partition coefficient (Wildman–Crippen LogP) is 5.75. The largest absolute Gasteiger partial charge is 0.339 e. The average Bonchev–Trinajstić information content (AvgIpc) is 2.67. The van der Waals surface area contributed by atoms with Crippen LogP contribution in [0.5, 0.6) is 0 Å². The van der Waals surface area contributed by atoms with E-state index in [4.69, 9.17) is 23.8 Å². The quantitative estimate of drug-likeness (QED) is 0.556. The van der Waals surface area contributed by atoms with Crippen LogP contribution in [0.25, 0.3) is 0 Å². The molecule has 5 heteroatoms. The molecule has 138 valence electrons. The first-order valence-electron chi connectivity index (χ1n) is 8.79. The fraction of sp³-hybridized carbons (Fsp3) is 0.182. The maximum absolute atomic E-state index is 6.24. The molecule has 1 N–H and O–H groups in total. The number of benzene rings is 2. The molecule has 0 unspecified atom stereocenters. The summed E-state index contributed by atoms with van der Waals surface area (Å²) < 4.78 is 0. The van der Waals surface area contributed by atoms with Gasteiger partial charge >= 0.3 is 0 Å². The molecule has 3 aromatic rings. The van der Waals surface area contributed by atoms with Crippen molar-refractivity contribution in [3.8, 4) is 0 Å². The molecule has 0 saturated heterocycles. The predicted molar refractivity (Wildman–Crippen MR) is 117 cm³/mol. The zero-order valence-corrected chi connectivity index (χ0v) is 17.0. The molecule has 0 bridgehead atoms. The van der Waals surface area contributed by atoms with E-state index >= 15 is 0 Å². The first-order valence-corrected chi connectivity index (χ1v) is 9.57. The highest BCUT2D eigenvalue weighted by atomic mass is 35.5. The number of halogens is 1. The Bertz CT molecular complexity index is 911. The molecule has 0 atom stereocenters. The third kappa shape index (κ3) is 5.52. The highest BCUT2D eigenvalue weighted by molar-refractivity contribution is 7.80. The van der Waals surface area contributed by atoms with Crippen LogP contribution in [0.1, 0.15) is 22.4 Å². The summed E-state index contributed by atoms with van der Waals surface area (Å²) in [5.41, 5.74) is 5.33. The molecule has 0 amide bonds. The third-order valence-corrected chi connectivity index (χ3v) is 5.05. The van der Waals surface area contributed by atoms with Crippen molar-refractivity contribution in [2.45, 2.75) is 26.9 Å². The van der Waals surface area contributed by atoms with Gasteiger partial charge in [0.25, 0.3) is 0 Å². The van der Waals surface area contributed by atoms with Crippen LogP contribution >= 0.6 is 23.8 Å². The second-order valence-electron chi connectivity index (χ2n) is 6.56. The number of hydrogen-bond acceptors (Lipinski definition) is 2. The molecule has 1 aromatic heterocycles. The minimum absolute atomic E-state index is 0.625. The van der Waals surface area contributed by atoms with Crippen LogP contribution < -0.4 is 5.32 Å². The Kier molecular flexibility index (Phi) is 6.43. The lowest BCUT2D eigenvalue weighted by Crippen LogP contribution is -2.34. The zero-order valence-electron chi connectivity index (χ0n) is 15.4. The Labute approximate surface area is 171 Å². The summed E-state index contributed by atoms with van der Waals surface area (Å²) in [7, 11) is 0. The summed E-state index contributed by atoms with van der Waals surface area (Å²) in [6.07, 6.45) is 1.80. The Morgan fingerprint density at radius 2 is 1.81 bits per heavy atom. The molecule has 0 saturated carbocycles. The average molecular weight is 396 g/mol. The monoisotopic (exact) mass is 395 g/mol. The van der Waals surface area contributed by atoms with Gasteiger partial charge in [0.1, 0.15) is 0 Å². The molecule has 0 aliphatic heterocycles. The molecule has 0 spiro atoms. The number of rotatable bonds is 5. The van der Waals surface area contributed by atoms with Gasteiger partial charge in [-0.05, 0) is 61.5 Å². The van der Waals surface area contributed by atoms with Crippen molar-refractivity contribution < 1.29 is 0 Å². The van der Waals surface area contributed by atoms with Gasteiger partial charge in [-0.25, -0.2) is 0 Å². The Hall–Kier alpha value is -2.43. The molecule has 2 aromatic carbocycles. The van der Waals surface area contributed by atoms with Crippen LogP contribution in [0.3, 0.4) is 0 Å². The topological polar surface area (TPSA) is 28.2 Å². The number of nitrogens with one attached hydrogen (secondary N) is 1. The summed E-state index contributed by atoms with van der Waals surface area (Å²) in [5, 5.41) is 4.67. The number of aryl methyl sites for hydroxylation is 2. The van der Waals surface area contributed by atoms with Crippen molar-refractivity contribution in [1.82, 2.24) is 9.88 Å². The van der Waals surface area contributed by atoms with Crippen LogP contribution in [-0.4, -0.2) is 15.0 Å². The van der Waals surface area contributed by atoms with E-state index in [-0.39, 0.29) is 0 Å². The van der Waals surface area contributed by atoms with Crippen molar-refractivity contribution in [1.29, 1.82) is 0 Å². The highest BCUT2D eigenvalue weighted by Gasteiger charge is 2.13. The van der Waals surface area contributed by atoms with Gasteiger partial charge in [0.05, 0.1) is 12.2 Å². The van der Waals surface area contributed by atoms with Gasteiger partial charge in [0, 0.05) is 23.5 Å². The summed E-state index contributed by atoms with van der Waals surface area (Å²) >= 11 is 11.9. The highest BCUT2D eigenvalue weighted by Crippen LogP contribution is 2.21. The van der Waals surface area contributed by atoms with E-state index in [1.807, 2.05) is 43.3 Å². The molecular formula is C22H22ClN3S. The first kappa shape index (κ1) is 19.3. The molecule has 0 aliphatic rings. The van der Waals surface area contributed by atoms with E-state index in [2.05, 4.69) is 46.4 Å². The number of nitrogens with zero attached hydrogens (tertiary/aromatic N) is 2. The molecule has 27 heavy (non-hydrogen) atoms. The maximum Gasteiger partial charge on any atom is 0.174 e. The third-order valence-electron chi connectivity index (χ3n) is 4.28. The zero-order chi connectivity index (χ0) is 19.2. The lowest BCUT2D eigenvalue weighted by Gasteiger charge is -2.26. The van der Waals surface area contributed by atoms with E-state index < -0.39 is 0 Å². The molecule has 0 fully saturated rings. The molecule has 0 radical (unpaired) electrons. The van der Waals surface area contributed by atoms with Crippen molar-refractivity contribution in [3.63, 3.8) is 0 Å². The number of aromatic nitrogens is 1. The van der Waals surface area contributed by atoms with Crippen molar-refractivity contribution in [3.05, 3.63) is 94.3 Å². The van der Waals surface area contributed by atoms with Crippen molar-refractivity contribution in [2.75, 3.05) is 5.32 Å². The van der Waals surface area contributed by atoms with Gasteiger partial charge in [-0.15, -0.1) is 0 Å². The van der Waals surface area contributed by atoms with Crippen LogP contribution in [0.2, 0.25) is 5.02 Å². The Balaban J connectivity index is 1.79. The Morgan fingerprint density at radius 3 is 2.48 bits per heavy atom. The van der Waals surface area contributed by atoms with Crippen molar-refractivity contribution >= 4 is 34.6 Å².